The van der Waals surface area contributed by atoms with Gasteiger partial charge in [0.15, 0.2) is 0 Å². The Balaban J connectivity index is 1.85. The Labute approximate surface area is 157 Å². The van der Waals surface area contributed by atoms with Crippen LogP contribution in [0.3, 0.4) is 0 Å². The first kappa shape index (κ1) is 20.4. The van der Waals surface area contributed by atoms with E-state index < -0.39 is 5.41 Å². The fourth-order valence-electron chi connectivity index (χ4n) is 3.07. The first-order valence-corrected chi connectivity index (χ1v) is 9.68. The summed E-state index contributed by atoms with van der Waals surface area (Å²) in [6.07, 6.45) is 3.90. The number of anilines is 1. The van der Waals surface area contributed by atoms with Gasteiger partial charge < -0.3 is 15.5 Å². The maximum Gasteiger partial charge on any atom is 0.251 e. The number of nitrogens with zero attached hydrogens (tertiary/aromatic N) is 1. The van der Waals surface area contributed by atoms with Crippen molar-refractivity contribution in [3.63, 3.8) is 0 Å². The van der Waals surface area contributed by atoms with Crippen molar-refractivity contribution in [2.75, 3.05) is 31.5 Å². The third-order valence-electron chi connectivity index (χ3n) is 4.69. The minimum Gasteiger partial charge on any atom is -0.352 e. The van der Waals surface area contributed by atoms with Crippen molar-refractivity contribution in [2.45, 2.75) is 47.0 Å². The standard InChI is InChI=1S/C21H33N3O2/c1-16(15-24-11-6-5-7-12-24)14-22-19(25)17-9-8-10-18(13-17)23-20(26)21(2,3)4/h8-10,13,16H,5-7,11-12,14-15H2,1-4H3,(H,22,25)(H,23,26). The Bertz CT molecular complexity index is 616. The molecule has 2 rings (SSSR count). The summed E-state index contributed by atoms with van der Waals surface area (Å²) >= 11 is 0. The lowest BCUT2D eigenvalue weighted by Gasteiger charge is -2.29. The van der Waals surface area contributed by atoms with Gasteiger partial charge in [0.2, 0.25) is 5.91 Å². The van der Waals surface area contributed by atoms with Crippen LogP contribution in [0.25, 0.3) is 0 Å². The van der Waals surface area contributed by atoms with Gasteiger partial charge in [0.25, 0.3) is 5.91 Å². The van der Waals surface area contributed by atoms with Crippen molar-refractivity contribution in [3.8, 4) is 0 Å². The number of nitrogens with one attached hydrogen (secondary N) is 2. The number of piperidine rings is 1. The van der Waals surface area contributed by atoms with Gasteiger partial charge in [0.1, 0.15) is 0 Å². The predicted molar refractivity (Wildman–Crippen MR) is 106 cm³/mol. The van der Waals surface area contributed by atoms with Gasteiger partial charge in [-0.2, -0.15) is 0 Å². The van der Waals surface area contributed by atoms with Gasteiger partial charge in [-0.05, 0) is 50.0 Å². The van der Waals surface area contributed by atoms with E-state index in [1.807, 2.05) is 20.8 Å². The number of hydrogen-bond donors (Lipinski definition) is 2. The average molecular weight is 360 g/mol. The van der Waals surface area contributed by atoms with Crippen molar-refractivity contribution in [1.82, 2.24) is 10.2 Å². The van der Waals surface area contributed by atoms with Crippen LogP contribution in [-0.2, 0) is 4.79 Å². The molecule has 1 fully saturated rings. The number of carbonyl (C=O) groups is 2. The molecule has 0 bridgehead atoms. The van der Waals surface area contributed by atoms with E-state index in [-0.39, 0.29) is 11.8 Å². The van der Waals surface area contributed by atoms with Gasteiger partial charge >= 0.3 is 0 Å². The molecule has 1 saturated heterocycles. The molecule has 0 saturated carbocycles. The molecule has 0 radical (unpaired) electrons. The largest absolute Gasteiger partial charge is 0.352 e. The molecule has 0 spiro atoms. The number of rotatable bonds is 6. The molecular weight excluding hydrogens is 326 g/mol. The molecule has 1 aromatic rings. The van der Waals surface area contributed by atoms with Gasteiger partial charge in [-0.25, -0.2) is 0 Å². The van der Waals surface area contributed by atoms with E-state index in [0.717, 1.165) is 6.54 Å². The number of hydrogen-bond acceptors (Lipinski definition) is 3. The van der Waals surface area contributed by atoms with E-state index in [0.29, 0.717) is 23.7 Å². The summed E-state index contributed by atoms with van der Waals surface area (Å²) in [7, 11) is 0. The SMILES string of the molecule is CC(CNC(=O)c1cccc(NC(=O)C(C)(C)C)c1)CN1CCCCC1. The van der Waals surface area contributed by atoms with Crippen LogP contribution in [-0.4, -0.2) is 42.9 Å². The van der Waals surface area contributed by atoms with Gasteiger partial charge in [-0.15, -0.1) is 0 Å². The van der Waals surface area contributed by atoms with Crippen LogP contribution in [0, 0.1) is 11.3 Å². The summed E-state index contributed by atoms with van der Waals surface area (Å²) in [6, 6.07) is 7.11. The summed E-state index contributed by atoms with van der Waals surface area (Å²) in [4.78, 5) is 27.0. The molecule has 1 unspecified atom stereocenters. The summed E-state index contributed by atoms with van der Waals surface area (Å²) in [5.74, 6) is 0.258. The third-order valence-corrected chi connectivity index (χ3v) is 4.69. The Hall–Kier alpha value is -1.88. The van der Waals surface area contributed by atoms with Crippen LogP contribution in [0.5, 0.6) is 0 Å². The smallest absolute Gasteiger partial charge is 0.251 e. The molecule has 1 heterocycles. The zero-order chi connectivity index (χ0) is 19.2. The molecule has 5 heteroatoms. The first-order valence-electron chi connectivity index (χ1n) is 9.68. The van der Waals surface area contributed by atoms with E-state index in [2.05, 4.69) is 22.5 Å². The maximum atomic E-state index is 12.4. The van der Waals surface area contributed by atoms with Gasteiger partial charge in [-0.1, -0.05) is 40.2 Å². The highest BCUT2D eigenvalue weighted by Gasteiger charge is 2.21. The summed E-state index contributed by atoms with van der Waals surface area (Å²) < 4.78 is 0. The normalized spacial score (nSPS) is 16.8. The zero-order valence-electron chi connectivity index (χ0n) is 16.6. The number of carbonyl (C=O) groups excluding carboxylic acids is 2. The highest BCUT2D eigenvalue weighted by molar-refractivity contribution is 5.98. The molecule has 0 aliphatic carbocycles. The van der Waals surface area contributed by atoms with Crippen LogP contribution in [0.2, 0.25) is 0 Å². The predicted octanol–water partition coefficient (Wildman–Crippen LogP) is 3.52. The summed E-state index contributed by atoms with van der Waals surface area (Å²) in [5.41, 5.74) is 0.753. The molecular formula is C21H33N3O2. The van der Waals surface area contributed by atoms with Crippen molar-refractivity contribution in [1.29, 1.82) is 0 Å². The Morgan fingerprint density at radius 1 is 1.15 bits per heavy atom. The first-order chi connectivity index (χ1) is 12.3. The second-order valence-corrected chi connectivity index (χ2v) is 8.46. The second-order valence-electron chi connectivity index (χ2n) is 8.46. The van der Waals surface area contributed by atoms with E-state index in [4.69, 9.17) is 0 Å². The van der Waals surface area contributed by atoms with Crippen molar-refractivity contribution >= 4 is 17.5 Å². The molecule has 1 aliphatic rings. The van der Waals surface area contributed by atoms with Crippen molar-refractivity contribution in [2.24, 2.45) is 11.3 Å². The topological polar surface area (TPSA) is 61.4 Å². The molecule has 1 atom stereocenters. The molecule has 1 aliphatic heterocycles. The van der Waals surface area contributed by atoms with Crippen LogP contribution >= 0.6 is 0 Å². The molecule has 1 aromatic carbocycles. The summed E-state index contributed by atoms with van der Waals surface area (Å²) in [5, 5.41) is 5.89. The lowest BCUT2D eigenvalue weighted by Crippen LogP contribution is -2.38. The minimum atomic E-state index is -0.470. The Kier molecular flexibility index (Phi) is 7.21. The second kappa shape index (κ2) is 9.17. The van der Waals surface area contributed by atoms with E-state index in [1.165, 1.54) is 32.4 Å². The van der Waals surface area contributed by atoms with Crippen molar-refractivity contribution < 1.29 is 9.59 Å². The van der Waals surface area contributed by atoms with Crippen LogP contribution in [0.4, 0.5) is 5.69 Å². The van der Waals surface area contributed by atoms with Crippen molar-refractivity contribution in [3.05, 3.63) is 29.8 Å². The van der Waals surface area contributed by atoms with Crippen LogP contribution in [0.1, 0.15) is 57.3 Å². The number of benzene rings is 1. The molecule has 5 nitrogen and oxygen atoms in total. The minimum absolute atomic E-state index is 0.0646. The molecule has 2 amide bonds. The summed E-state index contributed by atoms with van der Waals surface area (Å²) in [6.45, 7) is 11.8. The van der Waals surface area contributed by atoms with E-state index in [9.17, 15) is 9.59 Å². The highest BCUT2D eigenvalue weighted by Crippen LogP contribution is 2.18. The van der Waals surface area contributed by atoms with E-state index >= 15 is 0 Å². The molecule has 0 aromatic heterocycles. The van der Waals surface area contributed by atoms with Gasteiger partial charge in [0, 0.05) is 29.8 Å². The lowest BCUT2D eigenvalue weighted by molar-refractivity contribution is -0.123. The molecule has 2 N–H and O–H groups in total. The lowest BCUT2D eigenvalue weighted by atomic mass is 9.95. The monoisotopic (exact) mass is 359 g/mol. The van der Waals surface area contributed by atoms with Crippen LogP contribution in [0.15, 0.2) is 24.3 Å². The maximum absolute atomic E-state index is 12.4. The van der Waals surface area contributed by atoms with E-state index in [1.54, 1.807) is 24.3 Å². The molecule has 144 valence electrons. The quantitative estimate of drug-likeness (QED) is 0.817. The Morgan fingerprint density at radius 3 is 2.50 bits per heavy atom. The number of likely N-dealkylation sites (tertiary alicyclic amines) is 1. The molecule has 26 heavy (non-hydrogen) atoms. The number of amides is 2. The fourth-order valence-corrected chi connectivity index (χ4v) is 3.07. The average Bonchev–Trinajstić information content (AvgIpc) is 2.60. The third kappa shape index (κ3) is 6.45. The van der Waals surface area contributed by atoms with Crippen LogP contribution < -0.4 is 10.6 Å². The fraction of sp³-hybridized carbons (Fsp3) is 0.619. The van der Waals surface area contributed by atoms with Gasteiger partial charge in [-0.3, -0.25) is 9.59 Å². The van der Waals surface area contributed by atoms with Gasteiger partial charge in [0.05, 0.1) is 0 Å². The Morgan fingerprint density at radius 2 is 1.85 bits per heavy atom. The zero-order valence-corrected chi connectivity index (χ0v) is 16.6. The highest BCUT2D eigenvalue weighted by atomic mass is 16.2.